The predicted molar refractivity (Wildman–Crippen MR) is 78.5 cm³/mol. The molecule has 0 saturated carbocycles. The van der Waals surface area contributed by atoms with Crippen molar-refractivity contribution in [3.63, 3.8) is 0 Å². The van der Waals surface area contributed by atoms with Crippen molar-refractivity contribution < 1.29 is 14.6 Å². The number of aromatic nitrogens is 2. The van der Waals surface area contributed by atoms with Gasteiger partial charge in [-0.15, -0.1) is 0 Å². The molecule has 2 N–H and O–H groups in total. The number of halogens is 1. The Morgan fingerprint density at radius 3 is 3.05 bits per heavy atom. The highest BCUT2D eigenvalue weighted by molar-refractivity contribution is 9.10. The van der Waals surface area contributed by atoms with Crippen molar-refractivity contribution in [3.05, 3.63) is 40.6 Å². The molecule has 0 atom stereocenters. The van der Waals surface area contributed by atoms with E-state index in [9.17, 15) is 9.90 Å². The Labute approximate surface area is 124 Å². The molecule has 1 aromatic heterocycles. The van der Waals surface area contributed by atoms with Crippen LogP contribution in [0.15, 0.2) is 35.1 Å². The number of anilines is 2. The van der Waals surface area contributed by atoms with E-state index in [2.05, 4.69) is 26.3 Å². The number of methoxy groups -OCH3 is 1. The van der Waals surface area contributed by atoms with Crippen molar-refractivity contribution in [2.45, 2.75) is 6.54 Å². The second-order valence-electron chi connectivity index (χ2n) is 4.10. The molecular weight excluding hydrogens is 326 g/mol. The van der Waals surface area contributed by atoms with E-state index in [0.29, 0.717) is 18.8 Å². The molecule has 2 rings (SSSR count). The molecular formula is C13H14BrN3O3. The fourth-order valence-corrected chi connectivity index (χ4v) is 2.05. The summed E-state index contributed by atoms with van der Waals surface area (Å²) in [6.07, 6.45) is 3.44. The van der Waals surface area contributed by atoms with Gasteiger partial charge in [0.1, 0.15) is 0 Å². The number of rotatable bonds is 6. The quantitative estimate of drug-likeness (QED) is 0.846. The third kappa shape index (κ3) is 3.58. The molecule has 0 aliphatic carbocycles. The maximum atomic E-state index is 11.2. The summed E-state index contributed by atoms with van der Waals surface area (Å²) in [5.41, 5.74) is 1.45. The van der Waals surface area contributed by atoms with Crippen LogP contribution < -0.4 is 5.32 Å². The molecule has 0 unspecified atom stereocenters. The highest BCUT2D eigenvalue weighted by Gasteiger charge is 2.11. The van der Waals surface area contributed by atoms with Crippen LogP contribution in [0, 0.1) is 0 Å². The zero-order chi connectivity index (χ0) is 14.5. The van der Waals surface area contributed by atoms with E-state index in [1.165, 1.54) is 0 Å². The summed E-state index contributed by atoms with van der Waals surface area (Å²) in [7, 11) is 1.63. The Morgan fingerprint density at radius 1 is 1.55 bits per heavy atom. The summed E-state index contributed by atoms with van der Waals surface area (Å²) in [6, 6.07) is 5.05. The summed E-state index contributed by atoms with van der Waals surface area (Å²) in [5, 5.41) is 16.4. The van der Waals surface area contributed by atoms with Gasteiger partial charge in [0.2, 0.25) is 0 Å². The Bertz CT molecular complexity index is 613. The first-order chi connectivity index (χ1) is 9.60. The minimum Gasteiger partial charge on any atom is -0.478 e. The van der Waals surface area contributed by atoms with Gasteiger partial charge in [-0.1, -0.05) is 15.9 Å². The van der Waals surface area contributed by atoms with E-state index in [1.807, 2.05) is 0 Å². The van der Waals surface area contributed by atoms with Crippen LogP contribution in [0.3, 0.4) is 0 Å². The summed E-state index contributed by atoms with van der Waals surface area (Å²) >= 11 is 3.26. The lowest BCUT2D eigenvalue weighted by Gasteiger charge is -2.08. The number of nitrogens with zero attached hydrogens (tertiary/aromatic N) is 2. The normalized spacial score (nSPS) is 10.5. The van der Waals surface area contributed by atoms with Gasteiger partial charge in [0.15, 0.2) is 0 Å². The Morgan fingerprint density at radius 2 is 2.35 bits per heavy atom. The van der Waals surface area contributed by atoms with Gasteiger partial charge in [0.25, 0.3) is 0 Å². The summed E-state index contributed by atoms with van der Waals surface area (Å²) in [6.45, 7) is 1.21. The lowest BCUT2D eigenvalue weighted by Crippen LogP contribution is -2.04. The van der Waals surface area contributed by atoms with Crippen LogP contribution in [0.25, 0.3) is 0 Å². The molecule has 0 aliphatic rings. The largest absolute Gasteiger partial charge is 0.478 e. The molecule has 0 radical (unpaired) electrons. The number of nitrogens with one attached hydrogen (secondary N) is 1. The van der Waals surface area contributed by atoms with Gasteiger partial charge in [-0.05, 0) is 18.2 Å². The minimum atomic E-state index is -0.986. The summed E-state index contributed by atoms with van der Waals surface area (Å²) in [4.78, 5) is 11.2. The van der Waals surface area contributed by atoms with Gasteiger partial charge in [0.05, 0.1) is 36.3 Å². The van der Waals surface area contributed by atoms with E-state index < -0.39 is 5.97 Å². The third-order valence-corrected chi connectivity index (χ3v) is 3.14. The molecule has 0 aliphatic heterocycles. The number of hydrogen-bond acceptors (Lipinski definition) is 4. The van der Waals surface area contributed by atoms with Gasteiger partial charge in [-0.25, -0.2) is 4.79 Å². The average Bonchev–Trinajstić information content (AvgIpc) is 2.86. The summed E-state index contributed by atoms with van der Waals surface area (Å²) < 4.78 is 7.42. The van der Waals surface area contributed by atoms with Gasteiger partial charge in [0, 0.05) is 17.8 Å². The lowest BCUT2D eigenvalue weighted by molar-refractivity contribution is 0.0698. The predicted octanol–water partition coefficient (Wildman–Crippen LogP) is 2.73. The molecule has 0 saturated heterocycles. The summed E-state index contributed by atoms with van der Waals surface area (Å²) in [5.74, 6) is -0.986. The number of aromatic carboxylic acids is 1. The molecule has 0 spiro atoms. The number of ether oxygens (including phenoxy) is 1. The zero-order valence-corrected chi connectivity index (χ0v) is 12.4. The molecule has 0 fully saturated rings. The number of carboxylic acids is 1. The fraction of sp³-hybridized carbons (Fsp3) is 0.231. The second kappa shape index (κ2) is 6.53. The lowest BCUT2D eigenvalue weighted by atomic mass is 10.2. The van der Waals surface area contributed by atoms with Crippen molar-refractivity contribution >= 4 is 33.3 Å². The molecule has 1 heterocycles. The van der Waals surface area contributed by atoms with Crippen molar-refractivity contribution in [2.75, 3.05) is 19.0 Å². The van der Waals surface area contributed by atoms with Crippen LogP contribution in [-0.2, 0) is 11.3 Å². The van der Waals surface area contributed by atoms with Gasteiger partial charge in [-0.2, -0.15) is 5.10 Å². The smallest absolute Gasteiger partial charge is 0.337 e. The van der Waals surface area contributed by atoms with Gasteiger partial charge < -0.3 is 15.2 Å². The van der Waals surface area contributed by atoms with E-state index in [1.54, 1.807) is 42.4 Å². The van der Waals surface area contributed by atoms with Crippen molar-refractivity contribution in [1.29, 1.82) is 0 Å². The molecule has 0 amide bonds. The van der Waals surface area contributed by atoms with Crippen molar-refractivity contribution in [2.24, 2.45) is 0 Å². The molecule has 20 heavy (non-hydrogen) atoms. The number of carboxylic acid groups (broad SMARTS) is 1. The Hall–Kier alpha value is -1.86. The Kier molecular flexibility index (Phi) is 4.75. The van der Waals surface area contributed by atoms with Gasteiger partial charge >= 0.3 is 5.97 Å². The van der Waals surface area contributed by atoms with Crippen LogP contribution in [0.4, 0.5) is 11.4 Å². The zero-order valence-electron chi connectivity index (χ0n) is 10.8. The third-order valence-electron chi connectivity index (χ3n) is 2.65. The van der Waals surface area contributed by atoms with Crippen LogP contribution in [-0.4, -0.2) is 34.6 Å². The molecule has 0 bridgehead atoms. The van der Waals surface area contributed by atoms with E-state index in [4.69, 9.17) is 4.74 Å². The van der Waals surface area contributed by atoms with Crippen molar-refractivity contribution in [3.8, 4) is 0 Å². The molecule has 106 valence electrons. The Balaban J connectivity index is 2.17. The first-order valence-corrected chi connectivity index (χ1v) is 6.70. The fourth-order valence-electron chi connectivity index (χ4n) is 1.69. The van der Waals surface area contributed by atoms with Crippen LogP contribution >= 0.6 is 15.9 Å². The van der Waals surface area contributed by atoms with Crippen molar-refractivity contribution in [1.82, 2.24) is 9.78 Å². The van der Waals surface area contributed by atoms with E-state index >= 15 is 0 Å². The highest BCUT2D eigenvalue weighted by atomic mass is 79.9. The molecule has 7 heteroatoms. The van der Waals surface area contributed by atoms with Gasteiger partial charge in [-0.3, -0.25) is 4.68 Å². The monoisotopic (exact) mass is 339 g/mol. The molecule has 1 aromatic carbocycles. The molecule has 2 aromatic rings. The number of hydrogen-bond donors (Lipinski definition) is 2. The first-order valence-electron chi connectivity index (χ1n) is 5.91. The maximum absolute atomic E-state index is 11.2. The SMILES string of the molecule is COCCn1cc(Nc2ccc(Br)cc2C(=O)O)cn1. The van der Waals surface area contributed by atoms with Crippen LogP contribution in [0.2, 0.25) is 0 Å². The number of carbonyl (C=O) groups is 1. The first kappa shape index (κ1) is 14.5. The van der Waals surface area contributed by atoms with Crippen LogP contribution in [0.5, 0.6) is 0 Å². The maximum Gasteiger partial charge on any atom is 0.337 e. The number of benzene rings is 1. The minimum absolute atomic E-state index is 0.198. The van der Waals surface area contributed by atoms with E-state index in [0.717, 1.165) is 10.2 Å². The molecule has 6 nitrogen and oxygen atoms in total. The standard InChI is InChI=1S/C13H14BrN3O3/c1-20-5-4-17-8-10(7-15-17)16-12-3-2-9(14)6-11(12)13(18)19/h2-3,6-8,16H,4-5H2,1H3,(H,18,19). The van der Waals surface area contributed by atoms with Crippen LogP contribution in [0.1, 0.15) is 10.4 Å². The second-order valence-corrected chi connectivity index (χ2v) is 5.02. The topological polar surface area (TPSA) is 76.4 Å². The highest BCUT2D eigenvalue weighted by Crippen LogP contribution is 2.24. The average molecular weight is 340 g/mol. The van der Waals surface area contributed by atoms with E-state index in [-0.39, 0.29) is 5.56 Å².